The number of carbonyl (C=O) groups excluding carboxylic acids is 2. The quantitative estimate of drug-likeness (QED) is 0.0471. The summed E-state index contributed by atoms with van der Waals surface area (Å²) < 4.78 is 32.4. The third-order valence-electron chi connectivity index (χ3n) is 7.02. The maximum atomic E-state index is 12.3. The molecule has 4 N–H and O–H groups in total. The van der Waals surface area contributed by atoms with E-state index in [1.807, 2.05) is 0 Å². The summed E-state index contributed by atoms with van der Waals surface area (Å²) >= 11 is 0. The first kappa shape index (κ1) is 40.0. The van der Waals surface area contributed by atoms with Crippen molar-refractivity contribution < 1.29 is 43.3 Å². The largest absolute Gasteiger partial charge is 0.472 e. The predicted molar refractivity (Wildman–Crippen MR) is 163 cm³/mol. The number of phosphoric acid groups is 1. The van der Waals surface area contributed by atoms with E-state index in [0.717, 1.165) is 44.9 Å². The molecule has 0 aromatic carbocycles. The fraction of sp³-hybridized carbons (Fsp3) is 0.935. The van der Waals surface area contributed by atoms with Crippen molar-refractivity contribution in [3.05, 3.63) is 0 Å². The van der Waals surface area contributed by atoms with E-state index in [-0.39, 0.29) is 25.6 Å². The number of carbonyl (C=O) groups is 2. The summed E-state index contributed by atoms with van der Waals surface area (Å²) in [6.07, 6.45) is 23.3. The van der Waals surface area contributed by atoms with Crippen molar-refractivity contribution in [1.29, 1.82) is 0 Å². The van der Waals surface area contributed by atoms with Crippen LogP contribution in [-0.2, 0) is 32.7 Å². The van der Waals surface area contributed by atoms with E-state index in [2.05, 4.69) is 19.6 Å². The van der Waals surface area contributed by atoms with Gasteiger partial charge in [-0.25, -0.2) is 4.57 Å². The van der Waals surface area contributed by atoms with Crippen LogP contribution in [0.4, 0.5) is 0 Å². The zero-order chi connectivity index (χ0) is 30.4. The number of rotatable bonds is 31. The van der Waals surface area contributed by atoms with Crippen LogP contribution in [0.2, 0.25) is 0 Å². The summed E-state index contributed by atoms with van der Waals surface area (Å²) in [6, 6.07) is 0. The lowest BCUT2D eigenvalue weighted by molar-refractivity contribution is -0.371. The fourth-order valence-corrected chi connectivity index (χ4v) is 5.32. The lowest BCUT2D eigenvalue weighted by Crippen LogP contribution is -2.52. The van der Waals surface area contributed by atoms with Gasteiger partial charge in [0.25, 0.3) is 0 Å². The fourth-order valence-electron chi connectivity index (χ4n) is 4.53. The van der Waals surface area contributed by atoms with Crippen LogP contribution in [0, 0.1) is 0 Å². The second-order valence-electron chi connectivity index (χ2n) is 11.1. The van der Waals surface area contributed by atoms with Gasteiger partial charge in [-0.2, -0.15) is 0 Å². The maximum Gasteiger partial charge on any atom is 0.472 e. The third-order valence-corrected chi connectivity index (χ3v) is 8.00. The van der Waals surface area contributed by atoms with E-state index < -0.39 is 26.5 Å². The van der Waals surface area contributed by atoms with Crippen LogP contribution >= 0.6 is 7.82 Å². The Morgan fingerprint density at radius 1 is 0.634 bits per heavy atom. The first-order valence-corrected chi connectivity index (χ1v) is 18.1. The zero-order valence-electron chi connectivity index (χ0n) is 26.4. The number of hydrogen-bond donors (Lipinski definition) is 2. The number of ether oxygens (including phenoxy) is 2. The van der Waals surface area contributed by atoms with Gasteiger partial charge >= 0.3 is 19.8 Å². The maximum absolute atomic E-state index is 12.3. The highest BCUT2D eigenvalue weighted by Crippen LogP contribution is 2.43. The average molecular weight is 609 g/mol. The SMILES string of the molecule is CCCCCCCCCCCCCCCCCC(=O)OC[C@H](COP(=O)(O)OCC[NH3+])OC(=O)CCCCCCC. The molecule has 0 aromatic rings. The Morgan fingerprint density at radius 2 is 1.05 bits per heavy atom. The lowest BCUT2D eigenvalue weighted by atomic mass is 10.0. The molecule has 0 radical (unpaired) electrons. The molecule has 1 unspecified atom stereocenters. The molecule has 0 heterocycles. The lowest BCUT2D eigenvalue weighted by Gasteiger charge is -2.19. The summed E-state index contributed by atoms with van der Waals surface area (Å²) in [5.74, 6) is -0.819. The first-order chi connectivity index (χ1) is 19.8. The molecule has 0 saturated heterocycles. The Labute approximate surface area is 250 Å². The van der Waals surface area contributed by atoms with E-state index >= 15 is 0 Å². The van der Waals surface area contributed by atoms with Crippen molar-refractivity contribution in [1.82, 2.24) is 0 Å². The number of phosphoric ester groups is 1. The molecule has 0 aromatic heterocycles. The Kier molecular flexibility index (Phi) is 28.4. The molecule has 0 rings (SSSR count). The van der Waals surface area contributed by atoms with Gasteiger partial charge in [0.15, 0.2) is 6.10 Å². The Morgan fingerprint density at radius 3 is 1.49 bits per heavy atom. The standard InChI is InChI=1S/C31H62NO8P/c1-3-5-7-9-10-11-12-13-14-15-16-17-18-20-21-23-30(33)37-27-29(28-39-41(35,36)38-26-25-32)40-31(34)24-22-19-8-6-4-2/h29H,3-28,32H2,1-2H3,(H,35,36)/p+1/t29-/m1/s1. The molecule has 0 fully saturated rings. The minimum Gasteiger partial charge on any atom is -0.462 e. The zero-order valence-corrected chi connectivity index (χ0v) is 27.3. The topological polar surface area (TPSA) is 136 Å². The highest BCUT2D eigenvalue weighted by atomic mass is 31.2. The molecular weight excluding hydrogens is 545 g/mol. The van der Waals surface area contributed by atoms with Crippen LogP contribution in [-0.4, -0.2) is 49.3 Å². The van der Waals surface area contributed by atoms with E-state index in [0.29, 0.717) is 19.4 Å². The van der Waals surface area contributed by atoms with Crippen LogP contribution in [0.5, 0.6) is 0 Å². The summed E-state index contributed by atoms with van der Waals surface area (Å²) in [5.41, 5.74) is 3.55. The van der Waals surface area contributed by atoms with Gasteiger partial charge in [-0.05, 0) is 12.8 Å². The van der Waals surface area contributed by atoms with Crippen LogP contribution in [0.15, 0.2) is 0 Å². The van der Waals surface area contributed by atoms with Crippen molar-refractivity contribution in [2.45, 2.75) is 161 Å². The molecule has 0 spiro atoms. The molecule has 10 heteroatoms. The summed E-state index contributed by atoms with van der Waals surface area (Å²) in [6.45, 7) is 4.02. The summed E-state index contributed by atoms with van der Waals surface area (Å²) in [7, 11) is -4.31. The van der Waals surface area contributed by atoms with Gasteiger partial charge in [-0.15, -0.1) is 0 Å². The normalized spacial score (nSPS) is 13.6. The van der Waals surface area contributed by atoms with Gasteiger partial charge in [-0.3, -0.25) is 18.6 Å². The highest BCUT2D eigenvalue weighted by Gasteiger charge is 2.26. The predicted octanol–water partition coefficient (Wildman–Crippen LogP) is 7.44. The van der Waals surface area contributed by atoms with Crippen LogP contribution < -0.4 is 5.73 Å². The van der Waals surface area contributed by atoms with Crippen LogP contribution in [0.1, 0.15) is 155 Å². The number of hydrogen-bond acceptors (Lipinski definition) is 7. The molecule has 2 atom stereocenters. The van der Waals surface area contributed by atoms with E-state index in [9.17, 15) is 19.0 Å². The molecule has 41 heavy (non-hydrogen) atoms. The van der Waals surface area contributed by atoms with E-state index in [1.165, 1.54) is 77.0 Å². The smallest absolute Gasteiger partial charge is 0.462 e. The van der Waals surface area contributed by atoms with Gasteiger partial charge in [0.05, 0.1) is 13.2 Å². The van der Waals surface area contributed by atoms with Crippen LogP contribution in [0.25, 0.3) is 0 Å². The number of unbranched alkanes of at least 4 members (excludes halogenated alkanes) is 18. The molecule has 0 bridgehead atoms. The summed E-state index contributed by atoms with van der Waals surface area (Å²) in [5, 5.41) is 0. The third kappa shape index (κ3) is 28.9. The Bertz CT molecular complexity index is 664. The van der Waals surface area contributed by atoms with Gasteiger partial charge < -0.3 is 20.1 Å². The molecule has 0 aliphatic heterocycles. The Balaban J connectivity index is 4.10. The monoisotopic (exact) mass is 608 g/mol. The highest BCUT2D eigenvalue weighted by molar-refractivity contribution is 7.47. The molecule has 0 aliphatic rings. The van der Waals surface area contributed by atoms with Gasteiger partial charge in [0.1, 0.15) is 13.2 Å². The summed E-state index contributed by atoms with van der Waals surface area (Å²) in [4.78, 5) is 34.3. The molecule has 0 aliphatic carbocycles. The minimum absolute atomic E-state index is 0.0375. The first-order valence-electron chi connectivity index (χ1n) is 16.6. The number of quaternary nitrogens is 1. The average Bonchev–Trinajstić information content (AvgIpc) is 2.95. The van der Waals surface area contributed by atoms with Crippen molar-refractivity contribution in [2.24, 2.45) is 0 Å². The van der Waals surface area contributed by atoms with Crippen molar-refractivity contribution in [2.75, 3.05) is 26.4 Å². The number of esters is 2. The van der Waals surface area contributed by atoms with Crippen molar-refractivity contribution in [3.63, 3.8) is 0 Å². The van der Waals surface area contributed by atoms with Crippen molar-refractivity contribution >= 4 is 19.8 Å². The Hall–Kier alpha value is -0.990. The van der Waals surface area contributed by atoms with Gasteiger partial charge in [-0.1, -0.05) is 129 Å². The van der Waals surface area contributed by atoms with Gasteiger partial charge in [0, 0.05) is 12.8 Å². The molecule has 0 saturated carbocycles. The van der Waals surface area contributed by atoms with Crippen LogP contribution in [0.3, 0.4) is 0 Å². The van der Waals surface area contributed by atoms with Gasteiger partial charge in [0.2, 0.25) is 0 Å². The van der Waals surface area contributed by atoms with E-state index in [1.54, 1.807) is 0 Å². The molecular formula is C31H63NO8P+. The second kappa shape index (κ2) is 29.1. The molecule has 244 valence electrons. The van der Waals surface area contributed by atoms with Crippen molar-refractivity contribution in [3.8, 4) is 0 Å². The molecule has 9 nitrogen and oxygen atoms in total. The van der Waals surface area contributed by atoms with E-state index in [4.69, 9.17) is 18.5 Å². The molecule has 0 amide bonds. The minimum atomic E-state index is -4.31. The second-order valence-corrected chi connectivity index (χ2v) is 12.6.